The number of carbonyl (C=O) groups is 2. The molecule has 0 spiro atoms. The quantitative estimate of drug-likeness (QED) is 0.468. The van der Waals surface area contributed by atoms with E-state index in [9.17, 15) is 18.0 Å². The first-order valence-corrected chi connectivity index (χ1v) is 16.7. The highest BCUT2D eigenvalue weighted by Gasteiger charge is 2.39. The molecule has 0 aromatic rings. The van der Waals surface area contributed by atoms with Gasteiger partial charge in [0, 0.05) is 25.0 Å². The third-order valence-electron chi connectivity index (χ3n) is 9.56. The lowest BCUT2D eigenvalue weighted by atomic mass is 9.83. The fraction of sp³-hybridized carbons (Fsp3) is 0.929. The summed E-state index contributed by atoms with van der Waals surface area (Å²) in [7, 11) is -2.97. The Morgan fingerprint density at radius 3 is 2.22 bits per heavy atom. The van der Waals surface area contributed by atoms with Gasteiger partial charge in [-0.2, -0.15) is 0 Å². The molecule has 2 aliphatic heterocycles. The zero-order chi connectivity index (χ0) is 25.8. The highest BCUT2D eigenvalue weighted by atomic mass is 32.2. The molecule has 3 aliphatic carbocycles. The number of carbonyl (C=O) groups excluding carboxylic acids is 2. The molecule has 2 unspecified atom stereocenters. The highest BCUT2D eigenvalue weighted by Crippen LogP contribution is 2.36. The van der Waals surface area contributed by atoms with Crippen LogP contribution in [0.5, 0.6) is 0 Å². The Morgan fingerprint density at radius 2 is 1.59 bits per heavy atom. The van der Waals surface area contributed by atoms with Gasteiger partial charge in [0.25, 0.3) is 0 Å². The highest BCUT2D eigenvalue weighted by molar-refractivity contribution is 7.92. The number of ether oxygens (including phenoxy) is 1. The SMILES string of the molecule is O=C(CC1CCC(S(=O)(=O)CC2CC2)CC1)NC1CCC(C(=O)N(C2CCOC2)C2CCCCN2)CC1. The molecule has 8 nitrogen and oxygen atoms in total. The molecule has 5 fully saturated rings. The molecule has 3 saturated carbocycles. The second-order valence-corrected chi connectivity index (χ2v) is 14.8. The molecule has 5 rings (SSSR count). The average molecular weight is 538 g/mol. The van der Waals surface area contributed by atoms with Crippen LogP contribution in [0.25, 0.3) is 0 Å². The third-order valence-corrected chi connectivity index (χ3v) is 12.0. The summed E-state index contributed by atoms with van der Waals surface area (Å²) in [5.74, 6) is 1.46. The minimum atomic E-state index is -2.97. The van der Waals surface area contributed by atoms with Gasteiger partial charge in [-0.25, -0.2) is 8.42 Å². The van der Waals surface area contributed by atoms with Crippen molar-refractivity contribution >= 4 is 21.7 Å². The van der Waals surface area contributed by atoms with Gasteiger partial charge < -0.3 is 15.0 Å². The maximum absolute atomic E-state index is 13.6. The monoisotopic (exact) mass is 537 g/mol. The summed E-state index contributed by atoms with van der Waals surface area (Å²) in [6.45, 7) is 2.35. The Hall–Kier alpha value is -1.19. The smallest absolute Gasteiger partial charge is 0.227 e. The van der Waals surface area contributed by atoms with Crippen LogP contribution in [0.2, 0.25) is 0 Å². The summed E-state index contributed by atoms with van der Waals surface area (Å²) >= 11 is 0. The molecule has 0 bridgehead atoms. The zero-order valence-corrected chi connectivity index (χ0v) is 23.2. The second kappa shape index (κ2) is 12.3. The van der Waals surface area contributed by atoms with E-state index >= 15 is 0 Å². The van der Waals surface area contributed by atoms with Crippen molar-refractivity contribution in [1.29, 1.82) is 0 Å². The van der Waals surface area contributed by atoms with Crippen molar-refractivity contribution in [3.05, 3.63) is 0 Å². The summed E-state index contributed by atoms with van der Waals surface area (Å²) in [6.07, 6.45) is 13.4. The molecular weight excluding hydrogens is 490 g/mol. The molecular formula is C28H47N3O5S. The molecule has 0 radical (unpaired) electrons. The van der Waals surface area contributed by atoms with Crippen LogP contribution < -0.4 is 10.6 Å². The number of nitrogens with zero attached hydrogens (tertiary/aromatic N) is 1. The maximum atomic E-state index is 13.6. The molecule has 2 heterocycles. The van der Waals surface area contributed by atoms with Crippen LogP contribution in [0.3, 0.4) is 0 Å². The van der Waals surface area contributed by atoms with Crippen LogP contribution in [0.15, 0.2) is 0 Å². The van der Waals surface area contributed by atoms with Crippen molar-refractivity contribution in [3.63, 3.8) is 0 Å². The molecule has 2 N–H and O–H groups in total. The number of piperidine rings is 1. The maximum Gasteiger partial charge on any atom is 0.227 e. The van der Waals surface area contributed by atoms with Crippen LogP contribution >= 0.6 is 0 Å². The molecule has 2 atom stereocenters. The fourth-order valence-corrected chi connectivity index (χ4v) is 9.34. The van der Waals surface area contributed by atoms with Gasteiger partial charge >= 0.3 is 0 Å². The summed E-state index contributed by atoms with van der Waals surface area (Å²) in [5.41, 5.74) is 0. The van der Waals surface area contributed by atoms with E-state index < -0.39 is 9.84 Å². The lowest BCUT2D eigenvalue weighted by Crippen LogP contribution is -2.57. The molecule has 5 aliphatic rings. The Balaban J connectivity index is 1.04. The Kier molecular flexibility index (Phi) is 9.12. The molecule has 2 saturated heterocycles. The minimum absolute atomic E-state index is 0.0327. The molecule has 37 heavy (non-hydrogen) atoms. The predicted octanol–water partition coefficient (Wildman–Crippen LogP) is 3.15. The van der Waals surface area contributed by atoms with Gasteiger partial charge in [0.05, 0.1) is 29.8 Å². The van der Waals surface area contributed by atoms with Gasteiger partial charge in [-0.3, -0.25) is 14.9 Å². The third kappa shape index (κ3) is 7.27. The van der Waals surface area contributed by atoms with Crippen LogP contribution in [-0.4, -0.2) is 74.1 Å². The van der Waals surface area contributed by atoms with E-state index in [-0.39, 0.29) is 47.1 Å². The summed E-state index contributed by atoms with van der Waals surface area (Å²) < 4.78 is 30.8. The van der Waals surface area contributed by atoms with Crippen LogP contribution in [-0.2, 0) is 24.2 Å². The lowest BCUT2D eigenvalue weighted by Gasteiger charge is -2.41. The van der Waals surface area contributed by atoms with Gasteiger partial charge in [0.1, 0.15) is 0 Å². The van der Waals surface area contributed by atoms with Crippen LogP contribution in [0, 0.1) is 17.8 Å². The van der Waals surface area contributed by atoms with Gasteiger partial charge in [-0.1, -0.05) is 0 Å². The van der Waals surface area contributed by atoms with Crippen molar-refractivity contribution in [2.24, 2.45) is 17.8 Å². The van der Waals surface area contributed by atoms with Crippen LogP contribution in [0.1, 0.15) is 96.3 Å². The number of nitrogens with one attached hydrogen (secondary N) is 2. The second-order valence-electron chi connectivity index (χ2n) is 12.5. The number of rotatable bonds is 9. The van der Waals surface area contributed by atoms with Gasteiger partial charge in [-0.05, 0) is 108 Å². The Labute approximate surface area is 222 Å². The number of hydrogen-bond acceptors (Lipinski definition) is 6. The number of amides is 2. The standard InChI is InChI=1S/C28H47N3O5S/c32-27(17-20-6-12-25(13-7-20)37(34,35)19-21-4-5-21)30-23-10-8-22(9-11-23)28(33)31(24-14-16-36-18-24)26-3-1-2-15-29-26/h20-26,29H,1-19H2,(H,30,32). The van der Waals surface area contributed by atoms with Gasteiger partial charge in [0.15, 0.2) is 9.84 Å². The molecule has 9 heteroatoms. The summed E-state index contributed by atoms with van der Waals surface area (Å²) in [4.78, 5) is 28.5. The van der Waals surface area contributed by atoms with E-state index in [4.69, 9.17) is 4.74 Å². The fourth-order valence-electron chi connectivity index (χ4n) is 7.09. The van der Waals surface area contributed by atoms with Gasteiger partial charge in [0.2, 0.25) is 11.8 Å². The van der Waals surface area contributed by atoms with Gasteiger partial charge in [-0.15, -0.1) is 0 Å². The molecule has 2 amide bonds. The van der Waals surface area contributed by atoms with Crippen molar-refractivity contribution < 1.29 is 22.7 Å². The first kappa shape index (κ1) is 27.4. The topological polar surface area (TPSA) is 105 Å². The number of hydrogen-bond donors (Lipinski definition) is 2. The summed E-state index contributed by atoms with van der Waals surface area (Å²) in [6, 6.07) is 0.321. The van der Waals surface area contributed by atoms with E-state index in [1.807, 2.05) is 0 Å². The van der Waals surface area contributed by atoms with E-state index in [1.54, 1.807) is 0 Å². The van der Waals surface area contributed by atoms with Crippen LogP contribution in [0.4, 0.5) is 0 Å². The first-order valence-electron chi connectivity index (χ1n) is 15.0. The van der Waals surface area contributed by atoms with Crippen molar-refractivity contribution in [2.75, 3.05) is 25.5 Å². The van der Waals surface area contributed by atoms with Crippen molar-refractivity contribution in [1.82, 2.24) is 15.5 Å². The molecule has 210 valence electrons. The average Bonchev–Trinajstić information content (AvgIpc) is 3.54. The normalized spacial score (nSPS) is 35.1. The van der Waals surface area contributed by atoms with Crippen molar-refractivity contribution in [3.8, 4) is 0 Å². The van der Waals surface area contributed by atoms with E-state index in [0.717, 1.165) is 83.8 Å². The lowest BCUT2D eigenvalue weighted by molar-refractivity contribution is -0.143. The van der Waals surface area contributed by atoms with Crippen molar-refractivity contribution in [2.45, 2.75) is 120 Å². The van der Waals surface area contributed by atoms with E-state index in [2.05, 4.69) is 15.5 Å². The predicted molar refractivity (Wildman–Crippen MR) is 142 cm³/mol. The Morgan fingerprint density at radius 1 is 0.865 bits per heavy atom. The molecule has 0 aromatic carbocycles. The summed E-state index contributed by atoms with van der Waals surface area (Å²) in [5, 5.41) is 6.61. The molecule has 0 aromatic heterocycles. The zero-order valence-electron chi connectivity index (χ0n) is 22.4. The first-order chi connectivity index (χ1) is 17.9. The largest absolute Gasteiger partial charge is 0.379 e. The Bertz CT molecular complexity index is 879. The minimum Gasteiger partial charge on any atom is -0.379 e. The number of sulfone groups is 1. The van der Waals surface area contributed by atoms with E-state index in [1.165, 1.54) is 6.42 Å². The van der Waals surface area contributed by atoms with E-state index in [0.29, 0.717) is 37.5 Å².